The van der Waals surface area contributed by atoms with Gasteiger partial charge in [0.2, 0.25) is 0 Å². The Morgan fingerprint density at radius 3 is 2.52 bits per heavy atom. The van der Waals surface area contributed by atoms with E-state index >= 15 is 0 Å². The largest absolute Gasteiger partial charge is 0.480 e. The second kappa shape index (κ2) is 8.67. The zero-order valence-electron chi connectivity index (χ0n) is 12.8. The Labute approximate surface area is 129 Å². The summed E-state index contributed by atoms with van der Waals surface area (Å²) in [5.74, 6) is -0.794. The summed E-state index contributed by atoms with van der Waals surface area (Å²) in [4.78, 5) is 24.3. The Morgan fingerprint density at radius 1 is 1.33 bits per heavy atom. The molecule has 5 nitrogen and oxygen atoms in total. The van der Waals surface area contributed by atoms with Crippen LogP contribution in [-0.4, -0.2) is 23.1 Å². The van der Waals surface area contributed by atoms with E-state index in [0.29, 0.717) is 6.42 Å². The van der Waals surface area contributed by atoms with E-state index in [1.54, 1.807) is 11.3 Å². The molecule has 1 heterocycles. The molecule has 0 radical (unpaired) electrons. The number of nitrogens with one attached hydrogen (secondary N) is 2. The van der Waals surface area contributed by atoms with Gasteiger partial charge in [0, 0.05) is 4.88 Å². The van der Waals surface area contributed by atoms with E-state index in [0.717, 1.165) is 17.7 Å². The molecular weight excluding hydrogens is 288 g/mol. The molecule has 118 valence electrons. The molecule has 1 aromatic rings. The normalized spacial score (nSPS) is 13.7. The van der Waals surface area contributed by atoms with Gasteiger partial charge in [-0.25, -0.2) is 9.59 Å². The number of carbonyl (C=O) groups excluding carboxylic acids is 1. The first-order valence-corrected chi connectivity index (χ1v) is 8.15. The Kier molecular flexibility index (Phi) is 7.22. The molecule has 0 aliphatic carbocycles. The van der Waals surface area contributed by atoms with Crippen LogP contribution in [0.15, 0.2) is 17.5 Å². The van der Waals surface area contributed by atoms with Crippen LogP contribution in [0, 0.1) is 5.92 Å². The van der Waals surface area contributed by atoms with Crippen LogP contribution >= 0.6 is 11.3 Å². The number of amides is 2. The number of carboxylic acids is 1. The van der Waals surface area contributed by atoms with Crippen LogP contribution in [0.5, 0.6) is 0 Å². The van der Waals surface area contributed by atoms with Crippen molar-refractivity contribution in [2.24, 2.45) is 5.92 Å². The van der Waals surface area contributed by atoms with Crippen molar-refractivity contribution in [3.05, 3.63) is 22.4 Å². The van der Waals surface area contributed by atoms with Gasteiger partial charge in [0.05, 0.1) is 6.04 Å². The second-order valence-electron chi connectivity index (χ2n) is 5.49. The summed E-state index contributed by atoms with van der Waals surface area (Å²) in [6.45, 7) is 5.92. The molecule has 0 bridgehead atoms. The Morgan fingerprint density at radius 2 is 2.05 bits per heavy atom. The van der Waals surface area contributed by atoms with Crippen LogP contribution in [-0.2, 0) is 4.79 Å². The molecule has 0 aromatic carbocycles. The number of carboxylic acid groups (broad SMARTS) is 1. The molecule has 0 saturated heterocycles. The number of aliphatic carboxylic acids is 1. The molecule has 0 aliphatic heterocycles. The topological polar surface area (TPSA) is 78.4 Å². The highest BCUT2D eigenvalue weighted by atomic mass is 32.1. The fourth-order valence-corrected chi connectivity index (χ4v) is 2.93. The van der Waals surface area contributed by atoms with Gasteiger partial charge in [-0.15, -0.1) is 11.3 Å². The molecular formula is C15H24N2O3S. The van der Waals surface area contributed by atoms with Gasteiger partial charge in [0.25, 0.3) is 0 Å². The van der Waals surface area contributed by atoms with Crippen LogP contribution in [0.2, 0.25) is 0 Å². The van der Waals surface area contributed by atoms with E-state index in [2.05, 4.69) is 17.6 Å². The van der Waals surface area contributed by atoms with Crippen molar-refractivity contribution in [3.8, 4) is 0 Å². The van der Waals surface area contributed by atoms with Crippen molar-refractivity contribution in [3.63, 3.8) is 0 Å². The Balaban J connectivity index is 2.62. The van der Waals surface area contributed by atoms with Crippen LogP contribution in [0.1, 0.15) is 51.0 Å². The van der Waals surface area contributed by atoms with Crippen molar-refractivity contribution >= 4 is 23.3 Å². The average Bonchev–Trinajstić information content (AvgIpc) is 2.90. The van der Waals surface area contributed by atoms with E-state index < -0.39 is 18.0 Å². The molecule has 0 saturated carbocycles. The highest BCUT2D eigenvalue weighted by molar-refractivity contribution is 7.10. The lowest BCUT2D eigenvalue weighted by atomic mass is 10.0. The van der Waals surface area contributed by atoms with E-state index in [1.807, 2.05) is 31.4 Å². The first kappa shape index (κ1) is 17.5. The smallest absolute Gasteiger partial charge is 0.326 e. The van der Waals surface area contributed by atoms with Gasteiger partial charge in [0.1, 0.15) is 6.04 Å². The number of hydrogen-bond donors (Lipinski definition) is 3. The predicted octanol–water partition coefficient (Wildman–Crippen LogP) is 3.39. The summed E-state index contributed by atoms with van der Waals surface area (Å²) in [5.41, 5.74) is 0. The van der Waals surface area contributed by atoms with Gasteiger partial charge in [-0.1, -0.05) is 33.3 Å². The van der Waals surface area contributed by atoms with Crippen molar-refractivity contribution < 1.29 is 14.7 Å². The number of hydrogen-bond acceptors (Lipinski definition) is 3. The zero-order chi connectivity index (χ0) is 15.8. The van der Waals surface area contributed by atoms with Crippen LogP contribution < -0.4 is 10.6 Å². The van der Waals surface area contributed by atoms with Crippen molar-refractivity contribution in [1.82, 2.24) is 10.6 Å². The third-order valence-electron chi connectivity index (χ3n) is 3.08. The second-order valence-corrected chi connectivity index (χ2v) is 6.47. The molecule has 21 heavy (non-hydrogen) atoms. The van der Waals surface area contributed by atoms with E-state index in [-0.39, 0.29) is 12.0 Å². The maximum atomic E-state index is 12.0. The fourth-order valence-electron chi connectivity index (χ4n) is 2.11. The lowest BCUT2D eigenvalue weighted by Crippen LogP contribution is -2.47. The summed E-state index contributed by atoms with van der Waals surface area (Å²) >= 11 is 1.59. The fraction of sp³-hybridized carbons (Fsp3) is 0.600. The molecule has 0 aliphatic rings. The maximum absolute atomic E-state index is 12.0. The minimum absolute atomic E-state index is 0.0662. The van der Waals surface area contributed by atoms with Crippen molar-refractivity contribution in [1.29, 1.82) is 0 Å². The summed E-state index contributed by atoms with van der Waals surface area (Å²) in [6, 6.07) is 2.59. The van der Waals surface area contributed by atoms with E-state index in [1.165, 1.54) is 0 Å². The SMILES string of the molecule is CCCC(NC(=O)NC(CC(C)C)C(=O)O)c1cccs1. The number of urea groups is 1. The van der Waals surface area contributed by atoms with Gasteiger partial charge in [-0.05, 0) is 30.2 Å². The summed E-state index contributed by atoms with van der Waals surface area (Å²) in [7, 11) is 0. The molecule has 2 amide bonds. The lowest BCUT2D eigenvalue weighted by molar-refractivity contribution is -0.139. The lowest BCUT2D eigenvalue weighted by Gasteiger charge is -2.21. The van der Waals surface area contributed by atoms with Crippen molar-refractivity contribution in [2.75, 3.05) is 0 Å². The van der Waals surface area contributed by atoms with Crippen LogP contribution in [0.4, 0.5) is 4.79 Å². The zero-order valence-corrected chi connectivity index (χ0v) is 13.6. The number of carbonyl (C=O) groups is 2. The van der Waals surface area contributed by atoms with Crippen molar-refractivity contribution in [2.45, 2.75) is 52.1 Å². The monoisotopic (exact) mass is 312 g/mol. The van der Waals surface area contributed by atoms with Gasteiger partial charge in [-0.2, -0.15) is 0 Å². The first-order valence-electron chi connectivity index (χ1n) is 7.27. The van der Waals surface area contributed by atoms with E-state index in [4.69, 9.17) is 5.11 Å². The average molecular weight is 312 g/mol. The molecule has 6 heteroatoms. The Hall–Kier alpha value is -1.56. The molecule has 0 fully saturated rings. The maximum Gasteiger partial charge on any atom is 0.326 e. The number of rotatable bonds is 8. The van der Waals surface area contributed by atoms with E-state index in [9.17, 15) is 9.59 Å². The molecule has 1 aromatic heterocycles. The minimum Gasteiger partial charge on any atom is -0.480 e. The van der Waals surface area contributed by atoms with Crippen LogP contribution in [0.25, 0.3) is 0 Å². The highest BCUT2D eigenvalue weighted by Crippen LogP contribution is 2.23. The van der Waals surface area contributed by atoms with Gasteiger partial charge in [0.15, 0.2) is 0 Å². The predicted molar refractivity (Wildman–Crippen MR) is 84.5 cm³/mol. The Bertz CT molecular complexity index is 446. The highest BCUT2D eigenvalue weighted by Gasteiger charge is 2.22. The molecule has 1 rings (SSSR count). The third-order valence-corrected chi connectivity index (χ3v) is 4.07. The minimum atomic E-state index is -0.998. The van der Waals surface area contributed by atoms with Gasteiger partial charge >= 0.3 is 12.0 Å². The molecule has 2 atom stereocenters. The van der Waals surface area contributed by atoms with Crippen LogP contribution in [0.3, 0.4) is 0 Å². The molecule has 0 spiro atoms. The summed E-state index contributed by atoms with van der Waals surface area (Å²) in [5, 5.41) is 16.6. The van der Waals surface area contributed by atoms with Gasteiger partial charge in [-0.3, -0.25) is 0 Å². The van der Waals surface area contributed by atoms with Gasteiger partial charge < -0.3 is 15.7 Å². The summed E-state index contributed by atoms with van der Waals surface area (Å²) in [6.07, 6.45) is 2.19. The number of thiophene rings is 1. The molecule has 2 unspecified atom stereocenters. The summed E-state index contributed by atoms with van der Waals surface area (Å²) < 4.78 is 0. The molecule has 3 N–H and O–H groups in total. The standard InChI is InChI=1S/C15H24N2O3S/c1-4-6-11(13-7-5-8-21-13)16-15(20)17-12(14(18)19)9-10(2)3/h5,7-8,10-12H,4,6,9H2,1-3H3,(H,18,19)(H2,16,17,20). The first-order chi connectivity index (χ1) is 9.93. The third kappa shape index (κ3) is 6.16. The quantitative estimate of drug-likeness (QED) is 0.688.